The van der Waals surface area contributed by atoms with Crippen LogP contribution in [0, 0.1) is 0 Å². The molecule has 0 aliphatic carbocycles. The Morgan fingerprint density at radius 3 is 2.62 bits per heavy atom. The number of ether oxygens (including phenoxy) is 3. The van der Waals surface area contributed by atoms with Gasteiger partial charge in [0.25, 0.3) is 0 Å². The van der Waals surface area contributed by atoms with Gasteiger partial charge in [-0.1, -0.05) is 0 Å². The van der Waals surface area contributed by atoms with Crippen molar-refractivity contribution in [1.29, 1.82) is 0 Å². The van der Waals surface area contributed by atoms with Crippen LogP contribution >= 0.6 is 0 Å². The van der Waals surface area contributed by atoms with Gasteiger partial charge < -0.3 is 19.9 Å². The fraction of sp³-hybridized carbons (Fsp3) is 0.389. The molecule has 2 heterocycles. The molecular formula is C18H23N5O3. The maximum atomic E-state index is 6.13. The van der Waals surface area contributed by atoms with E-state index in [0.717, 1.165) is 5.56 Å². The zero-order valence-electron chi connectivity index (χ0n) is 15.4. The van der Waals surface area contributed by atoms with Crippen molar-refractivity contribution < 1.29 is 14.2 Å². The summed E-state index contributed by atoms with van der Waals surface area (Å²) in [6.45, 7) is 5.17. The molecule has 0 aliphatic rings. The molecule has 3 rings (SSSR count). The van der Waals surface area contributed by atoms with E-state index < -0.39 is 0 Å². The summed E-state index contributed by atoms with van der Waals surface area (Å²) in [6, 6.07) is 5.61. The SMILES string of the molecule is CCOC(C)Cn1nc(-c2ccc(OC)c(OC)c2)c2c(N)ncnc21. The van der Waals surface area contributed by atoms with Gasteiger partial charge in [-0.25, -0.2) is 14.6 Å². The third-order valence-electron chi connectivity index (χ3n) is 4.10. The number of rotatable bonds is 7. The molecule has 1 atom stereocenters. The summed E-state index contributed by atoms with van der Waals surface area (Å²) in [5, 5.41) is 5.44. The molecule has 0 aliphatic heterocycles. The standard InChI is InChI=1S/C18H23N5O3/c1-5-26-11(2)9-23-18-15(17(19)20-10-21-18)16(22-23)12-6-7-13(24-3)14(8-12)25-4/h6-8,10-11H,5,9H2,1-4H3,(H2,19,20,21). The van der Waals surface area contributed by atoms with E-state index in [4.69, 9.17) is 25.0 Å². The average molecular weight is 357 g/mol. The second kappa shape index (κ2) is 7.57. The summed E-state index contributed by atoms with van der Waals surface area (Å²) in [7, 11) is 3.20. The molecule has 0 spiro atoms. The molecule has 0 bridgehead atoms. The molecule has 8 nitrogen and oxygen atoms in total. The van der Waals surface area contributed by atoms with Gasteiger partial charge in [-0.05, 0) is 32.0 Å². The number of aromatic nitrogens is 4. The van der Waals surface area contributed by atoms with Crippen LogP contribution in [0.3, 0.4) is 0 Å². The van der Waals surface area contributed by atoms with Crippen LogP contribution in [0.4, 0.5) is 5.82 Å². The van der Waals surface area contributed by atoms with Crippen molar-refractivity contribution in [2.75, 3.05) is 26.6 Å². The van der Waals surface area contributed by atoms with Crippen molar-refractivity contribution in [3.8, 4) is 22.8 Å². The van der Waals surface area contributed by atoms with E-state index in [1.165, 1.54) is 6.33 Å². The van der Waals surface area contributed by atoms with E-state index in [1.807, 2.05) is 32.0 Å². The van der Waals surface area contributed by atoms with Crippen molar-refractivity contribution in [3.63, 3.8) is 0 Å². The monoisotopic (exact) mass is 357 g/mol. The van der Waals surface area contributed by atoms with Crippen LogP contribution in [-0.4, -0.2) is 46.7 Å². The smallest absolute Gasteiger partial charge is 0.164 e. The van der Waals surface area contributed by atoms with Crippen molar-refractivity contribution in [2.45, 2.75) is 26.5 Å². The Bertz CT molecular complexity index is 909. The molecular weight excluding hydrogens is 334 g/mol. The third-order valence-corrected chi connectivity index (χ3v) is 4.10. The second-order valence-electron chi connectivity index (χ2n) is 5.82. The lowest BCUT2D eigenvalue weighted by Crippen LogP contribution is -2.17. The van der Waals surface area contributed by atoms with Gasteiger partial charge in [0.15, 0.2) is 17.1 Å². The van der Waals surface area contributed by atoms with E-state index in [-0.39, 0.29) is 6.10 Å². The van der Waals surface area contributed by atoms with Crippen LogP contribution in [-0.2, 0) is 11.3 Å². The van der Waals surface area contributed by atoms with E-state index in [2.05, 4.69) is 9.97 Å². The lowest BCUT2D eigenvalue weighted by atomic mass is 10.1. The van der Waals surface area contributed by atoms with Gasteiger partial charge in [-0.2, -0.15) is 5.10 Å². The molecule has 2 aromatic heterocycles. The van der Waals surface area contributed by atoms with E-state index in [1.54, 1.807) is 18.9 Å². The number of hydrogen-bond donors (Lipinski definition) is 1. The van der Waals surface area contributed by atoms with Crippen molar-refractivity contribution in [2.24, 2.45) is 0 Å². The van der Waals surface area contributed by atoms with E-state index >= 15 is 0 Å². The third kappa shape index (κ3) is 3.28. The van der Waals surface area contributed by atoms with Crippen LogP contribution < -0.4 is 15.2 Å². The largest absolute Gasteiger partial charge is 0.493 e. The highest BCUT2D eigenvalue weighted by Gasteiger charge is 2.19. The van der Waals surface area contributed by atoms with Crippen molar-refractivity contribution in [1.82, 2.24) is 19.7 Å². The van der Waals surface area contributed by atoms with Gasteiger partial charge in [0, 0.05) is 12.2 Å². The Hall–Kier alpha value is -2.87. The quantitative estimate of drug-likeness (QED) is 0.694. The summed E-state index contributed by atoms with van der Waals surface area (Å²) < 4.78 is 18.1. The number of nitrogens with zero attached hydrogens (tertiary/aromatic N) is 4. The van der Waals surface area contributed by atoms with Gasteiger partial charge in [0.05, 0.1) is 32.3 Å². The summed E-state index contributed by atoms with van der Waals surface area (Å²) in [6.07, 6.45) is 1.44. The molecule has 1 unspecified atom stereocenters. The minimum absolute atomic E-state index is 0.00227. The number of fused-ring (bicyclic) bond motifs is 1. The number of hydrogen-bond acceptors (Lipinski definition) is 7. The number of nitrogens with two attached hydrogens (primary N) is 1. The van der Waals surface area contributed by atoms with Gasteiger partial charge in [0.2, 0.25) is 0 Å². The lowest BCUT2D eigenvalue weighted by Gasteiger charge is -2.11. The highest BCUT2D eigenvalue weighted by molar-refractivity contribution is 5.98. The van der Waals surface area contributed by atoms with Crippen LogP contribution in [0.1, 0.15) is 13.8 Å². The van der Waals surface area contributed by atoms with Gasteiger partial charge >= 0.3 is 0 Å². The Labute approximate surface area is 151 Å². The first-order chi connectivity index (χ1) is 12.6. The average Bonchev–Trinajstić information content (AvgIpc) is 3.01. The van der Waals surface area contributed by atoms with Gasteiger partial charge in [-0.3, -0.25) is 0 Å². The fourth-order valence-electron chi connectivity index (χ4n) is 2.92. The maximum absolute atomic E-state index is 6.13. The Morgan fingerprint density at radius 2 is 1.92 bits per heavy atom. The molecule has 26 heavy (non-hydrogen) atoms. The van der Waals surface area contributed by atoms with Crippen molar-refractivity contribution >= 4 is 16.9 Å². The molecule has 0 amide bonds. The molecule has 8 heteroatoms. The van der Waals surface area contributed by atoms with E-state index in [0.29, 0.717) is 47.2 Å². The Morgan fingerprint density at radius 1 is 1.15 bits per heavy atom. The first-order valence-electron chi connectivity index (χ1n) is 8.40. The maximum Gasteiger partial charge on any atom is 0.164 e. The summed E-state index contributed by atoms with van der Waals surface area (Å²) in [5.74, 6) is 1.65. The normalized spacial score (nSPS) is 12.3. The fourth-order valence-corrected chi connectivity index (χ4v) is 2.92. The number of methoxy groups -OCH3 is 2. The zero-order valence-corrected chi connectivity index (χ0v) is 15.4. The minimum Gasteiger partial charge on any atom is -0.493 e. The van der Waals surface area contributed by atoms with Crippen molar-refractivity contribution in [3.05, 3.63) is 24.5 Å². The molecule has 0 saturated heterocycles. The Kier molecular flexibility index (Phi) is 5.22. The molecule has 2 N–H and O–H groups in total. The molecule has 0 fully saturated rings. The predicted octanol–water partition coefficient (Wildman–Crippen LogP) is 2.52. The first-order valence-corrected chi connectivity index (χ1v) is 8.40. The van der Waals surface area contributed by atoms with Crippen LogP contribution in [0.5, 0.6) is 11.5 Å². The molecule has 3 aromatic rings. The minimum atomic E-state index is -0.00227. The van der Waals surface area contributed by atoms with Crippen LogP contribution in [0.2, 0.25) is 0 Å². The summed E-state index contributed by atoms with van der Waals surface area (Å²) >= 11 is 0. The topological polar surface area (TPSA) is 97.3 Å². The second-order valence-corrected chi connectivity index (χ2v) is 5.82. The first kappa shape index (κ1) is 17.9. The molecule has 1 aromatic carbocycles. The number of benzene rings is 1. The lowest BCUT2D eigenvalue weighted by molar-refractivity contribution is 0.0623. The summed E-state index contributed by atoms with van der Waals surface area (Å²) in [5.41, 5.74) is 8.35. The highest BCUT2D eigenvalue weighted by Crippen LogP contribution is 2.35. The number of nitrogen functional groups attached to an aromatic ring is 1. The summed E-state index contributed by atoms with van der Waals surface area (Å²) in [4.78, 5) is 8.50. The predicted molar refractivity (Wildman–Crippen MR) is 99.4 cm³/mol. The zero-order chi connectivity index (χ0) is 18.7. The molecule has 0 radical (unpaired) electrons. The number of anilines is 1. The van der Waals surface area contributed by atoms with Crippen LogP contribution in [0.15, 0.2) is 24.5 Å². The van der Waals surface area contributed by atoms with Crippen LogP contribution in [0.25, 0.3) is 22.3 Å². The molecule has 138 valence electrons. The van der Waals surface area contributed by atoms with Gasteiger partial charge in [0.1, 0.15) is 17.8 Å². The Balaban J connectivity index is 2.14. The van der Waals surface area contributed by atoms with E-state index in [9.17, 15) is 0 Å². The molecule has 0 saturated carbocycles. The van der Waals surface area contributed by atoms with Gasteiger partial charge in [-0.15, -0.1) is 0 Å². The highest BCUT2D eigenvalue weighted by atomic mass is 16.5.